The molecule has 0 unspecified atom stereocenters. The molecule has 0 N–H and O–H groups in total. The van der Waals surface area contributed by atoms with Gasteiger partial charge in [-0.1, -0.05) is 13.8 Å². The third-order valence-electron chi connectivity index (χ3n) is 2.64. The molecule has 5 nitrogen and oxygen atoms in total. The summed E-state index contributed by atoms with van der Waals surface area (Å²) in [6.45, 7) is 3.82. The maximum absolute atomic E-state index is 12.0. The maximum atomic E-state index is 12.0. The first kappa shape index (κ1) is 12.4. The van der Waals surface area contributed by atoms with Gasteiger partial charge < -0.3 is 13.9 Å². The van der Waals surface area contributed by atoms with Crippen molar-refractivity contribution in [3.63, 3.8) is 0 Å². The molecule has 5 heteroatoms. The van der Waals surface area contributed by atoms with Crippen molar-refractivity contribution in [2.45, 2.75) is 19.8 Å². The molecular weight excluding hydrogens is 234 g/mol. The number of benzene rings is 1. The van der Waals surface area contributed by atoms with Gasteiger partial charge in [0.1, 0.15) is 16.9 Å². The lowest BCUT2D eigenvalue weighted by Gasteiger charge is -2.09. The Morgan fingerprint density at radius 1 is 1.22 bits per heavy atom. The highest BCUT2D eigenvalue weighted by atomic mass is 16.5. The smallest absolute Gasteiger partial charge is 0.350 e. The van der Waals surface area contributed by atoms with Crippen LogP contribution in [0.5, 0.6) is 11.5 Å². The van der Waals surface area contributed by atoms with Gasteiger partial charge in [-0.15, -0.1) is 0 Å². The van der Waals surface area contributed by atoms with Crippen LogP contribution in [0.25, 0.3) is 10.9 Å². The van der Waals surface area contributed by atoms with Crippen LogP contribution in [-0.2, 0) is 0 Å². The van der Waals surface area contributed by atoms with Crippen LogP contribution in [0.2, 0.25) is 0 Å². The number of rotatable bonds is 3. The molecule has 0 aliphatic rings. The molecule has 0 spiro atoms. The summed E-state index contributed by atoms with van der Waals surface area (Å²) in [6, 6.07) is 3.33. The number of methoxy groups -OCH3 is 2. The van der Waals surface area contributed by atoms with Crippen LogP contribution in [0.3, 0.4) is 0 Å². The second-order valence-corrected chi connectivity index (χ2v) is 4.22. The summed E-state index contributed by atoms with van der Waals surface area (Å²) in [6.07, 6.45) is 0. The number of ether oxygens (including phenoxy) is 2. The van der Waals surface area contributed by atoms with Crippen LogP contribution in [0.4, 0.5) is 0 Å². The van der Waals surface area contributed by atoms with Gasteiger partial charge in [-0.25, -0.2) is 9.78 Å². The van der Waals surface area contributed by atoms with Gasteiger partial charge >= 0.3 is 5.63 Å². The first-order chi connectivity index (χ1) is 8.56. The Hall–Kier alpha value is -2.04. The van der Waals surface area contributed by atoms with Crippen molar-refractivity contribution in [3.8, 4) is 11.5 Å². The van der Waals surface area contributed by atoms with Crippen LogP contribution < -0.4 is 15.1 Å². The summed E-state index contributed by atoms with van der Waals surface area (Å²) in [7, 11) is 3.04. The fourth-order valence-electron chi connectivity index (χ4n) is 1.68. The standard InChI is InChI=1S/C13H15NO4/c1-7(2)12-14-9-5-8(16-3)6-10(17-4)11(9)13(15)18-12/h5-7H,1-4H3. The minimum absolute atomic E-state index is 0.0410. The molecule has 18 heavy (non-hydrogen) atoms. The highest BCUT2D eigenvalue weighted by Crippen LogP contribution is 2.28. The van der Waals surface area contributed by atoms with E-state index < -0.39 is 5.63 Å². The van der Waals surface area contributed by atoms with Crippen molar-refractivity contribution in [2.24, 2.45) is 0 Å². The van der Waals surface area contributed by atoms with Gasteiger partial charge in [0.25, 0.3) is 0 Å². The zero-order chi connectivity index (χ0) is 13.3. The molecule has 0 amide bonds. The molecule has 0 saturated heterocycles. The largest absolute Gasteiger partial charge is 0.497 e. The lowest BCUT2D eigenvalue weighted by Crippen LogP contribution is -2.08. The summed E-state index contributed by atoms with van der Waals surface area (Å²) < 4.78 is 15.5. The van der Waals surface area contributed by atoms with Crippen molar-refractivity contribution in [1.82, 2.24) is 4.98 Å². The summed E-state index contributed by atoms with van der Waals surface area (Å²) in [5.74, 6) is 1.44. The number of nitrogens with zero attached hydrogens (tertiary/aromatic N) is 1. The van der Waals surface area contributed by atoms with E-state index in [1.54, 1.807) is 19.2 Å². The van der Waals surface area contributed by atoms with E-state index in [0.717, 1.165) is 0 Å². The quantitative estimate of drug-likeness (QED) is 0.835. The van der Waals surface area contributed by atoms with Gasteiger partial charge in [-0.3, -0.25) is 0 Å². The monoisotopic (exact) mass is 249 g/mol. The Morgan fingerprint density at radius 2 is 1.94 bits per heavy atom. The van der Waals surface area contributed by atoms with Gasteiger partial charge in [0.15, 0.2) is 0 Å². The van der Waals surface area contributed by atoms with Crippen molar-refractivity contribution in [3.05, 3.63) is 28.4 Å². The Labute approximate surface area is 104 Å². The molecule has 0 fully saturated rings. The van der Waals surface area contributed by atoms with E-state index >= 15 is 0 Å². The highest BCUT2D eigenvalue weighted by Gasteiger charge is 2.15. The SMILES string of the molecule is COc1cc(OC)c2c(=O)oc(C(C)C)nc2c1. The molecular formula is C13H15NO4. The van der Waals surface area contributed by atoms with Gasteiger partial charge in [0.2, 0.25) is 5.89 Å². The molecule has 2 aromatic rings. The van der Waals surface area contributed by atoms with E-state index in [2.05, 4.69) is 4.98 Å². The maximum Gasteiger partial charge on any atom is 0.350 e. The summed E-state index contributed by atoms with van der Waals surface area (Å²) in [4.78, 5) is 16.3. The fraction of sp³-hybridized carbons (Fsp3) is 0.385. The van der Waals surface area contributed by atoms with Crippen molar-refractivity contribution < 1.29 is 13.9 Å². The van der Waals surface area contributed by atoms with E-state index in [9.17, 15) is 4.79 Å². The second-order valence-electron chi connectivity index (χ2n) is 4.22. The predicted octanol–water partition coefficient (Wildman–Crippen LogP) is 2.33. The Morgan fingerprint density at radius 3 is 2.50 bits per heavy atom. The zero-order valence-electron chi connectivity index (χ0n) is 10.8. The molecule has 2 rings (SSSR count). The highest BCUT2D eigenvalue weighted by molar-refractivity contribution is 5.85. The van der Waals surface area contributed by atoms with Crippen LogP contribution in [0, 0.1) is 0 Å². The van der Waals surface area contributed by atoms with Crippen LogP contribution >= 0.6 is 0 Å². The molecule has 1 aromatic heterocycles. The first-order valence-electron chi connectivity index (χ1n) is 5.63. The summed E-state index contributed by atoms with van der Waals surface area (Å²) in [5.41, 5.74) is 0.0781. The third kappa shape index (κ3) is 2.03. The lowest BCUT2D eigenvalue weighted by molar-refractivity contribution is 0.391. The summed E-state index contributed by atoms with van der Waals surface area (Å²) >= 11 is 0. The zero-order valence-corrected chi connectivity index (χ0v) is 10.8. The van der Waals surface area contributed by atoms with E-state index in [0.29, 0.717) is 28.3 Å². The number of hydrogen-bond donors (Lipinski definition) is 0. The average Bonchev–Trinajstić information content (AvgIpc) is 2.36. The van der Waals surface area contributed by atoms with E-state index in [4.69, 9.17) is 13.9 Å². The van der Waals surface area contributed by atoms with E-state index in [-0.39, 0.29) is 5.92 Å². The fourth-order valence-corrected chi connectivity index (χ4v) is 1.68. The van der Waals surface area contributed by atoms with Gasteiger partial charge in [0, 0.05) is 18.1 Å². The van der Waals surface area contributed by atoms with Crippen molar-refractivity contribution in [2.75, 3.05) is 14.2 Å². The van der Waals surface area contributed by atoms with E-state index in [1.807, 2.05) is 13.8 Å². The van der Waals surface area contributed by atoms with Crippen molar-refractivity contribution in [1.29, 1.82) is 0 Å². The van der Waals surface area contributed by atoms with Crippen LogP contribution in [0.15, 0.2) is 21.3 Å². The molecule has 1 heterocycles. The normalized spacial score (nSPS) is 10.9. The van der Waals surface area contributed by atoms with Crippen molar-refractivity contribution >= 4 is 10.9 Å². The first-order valence-corrected chi connectivity index (χ1v) is 5.63. The molecule has 0 radical (unpaired) electrons. The van der Waals surface area contributed by atoms with E-state index in [1.165, 1.54) is 7.11 Å². The lowest BCUT2D eigenvalue weighted by atomic mass is 10.2. The van der Waals surface area contributed by atoms with Gasteiger partial charge in [-0.2, -0.15) is 0 Å². The number of hydrogen-bond acceptors (Lipinski definition) is 5. The van der Waals surface area contributed by atoms with Gasteiger partial charge in [-0.05, 0) is 0 Å². The molecule has 0 atom stereocenters. The molecule has 0 aliphatic heterocycles. The Kier molecular flexibility index (Phi) is 3.23. The minimum Gasteiger partial charge on any atom is -0.497 e. The average molecular weight is 249 g/mol. The summed E-state index contributed by atoms with van der Waals surface area (Å²) in [5, 5.41) is 0.336. The van der Waals surface area contributed by atoms with Gasteiger partial charge in [0.05, 0.1) is 19.7 Å². The number of fused-ring (bicyclic) bond motifs is 1. The minimum atomic E-state index is -0.441. The molecule has 96 valence electrons. The molecule has 0 aliphatic carbocycles. The third-order valence-corrected chi connectivity index (χ3v) is 2.64. The molecule has 0 bridgehead atoms. The van der Waals surface area contributed by atoms with Crippen LogP contribution in [0.1, 0.15) is 25.7 Å². The van der Waals surface area contributed by atoms with Crippen LogP contribution in [-0.4, -0.2) is 19.2 Å². The Balaban J connectivity index is 2.82. The topological polar surface area (TPSA) is 61.6 Å². The molecule has 1 aromatic carbocycles. The predicted molar refractivity (Wildman–Crippen MR) is 67.5 cm³/mol. The second kappa shape index (κ2) is 4.68. The Bertz CT molecular complexity index is 631. The molecule has 0 saturated carbocycles. The number of aromatic nitrogens is 1.